The molecule has 1 aliphatic heterocycles. The van der Waals surface area contributed by atoms with Crippen molar-refractivity contribution in [1.82, 2.24) is 9.80 Å². The zero-order valence-electron chi connectivity index (χ0n) is 9.24. The lowest BCUT2D eigenvalue weighted by Crippen LogP contribution is -2.49. The number of nitrogens with two attached hydrogens (primary N) is 1. The monoisotopic (exact) mass is 229 g/mol. The number of amides is 1. The largest absolute Gasteiger partial charge is 0.393 e. The van der Waals surface area contributed by atoms with Crippen LogP contribution < -0.4 is 5.73 Å². The second kappa shape index (κ2) is 6.02. The number of hydrogen-bond acceptors (Lipinski definition) is 3. The highest BCUT2D eigenvalue weighted by atomic mass is 32.1. The van der Waals surface area contributed by atoms with E-state index in [0.29, 0.717) is 11.4 Å². The lowest BCUT2D eigenvalue weighted by atomic mass is 10.2. The van der Waals surface area contributed by atoms with Gasteiger partial charge in [-0.3, -0.25) is 9.69 Å². The van der Waals surface area contributed by atoms with Crippen LogP contribution in [0.2, 0.25) is 0 Å². The highest BCUT2D eigenvalue weighted by Crippen LogP contribution is 2.04. The summed E-state index contributed by atoms with van der Waals surface area (Å²) in [7, 11) is 0. The summed E-state index contributed by atoms with van der Waals surface area (Å²) in [5, 5.41) is 0. The summed E-state index contributed by atoms with van der Waals surface area (Å²) in [6, 6.07) is 0. The third kappa shape index (κ3) is 4.13. The Kier molecular flexibility index (Phi) is 4.98. The Bertz CT molecular complexity index is 237. The SMILES string of the molecule is CCC(=O)N1CCN(CCC(N)=S)CC1. The van der Waals surface area contributed by atoms with Crippen molar-refractivity contribution in [2.75, 3.05) is 32.7 Å². The topological polar surface area (TPSA) is 49.6 Å². The Labute approximate surface area is 96.4 Å². The maximum absolute atomic E-state index is 11.4. The van der Waals surface area contributed by atoms with Gasteiger partial charge in [0.2, 0.25) is 5.91 Å². The van der Waals surface area contributed by atoms with Crippen molar-refractivity contribution >= 4 is 23.1 Å². The predicted octanol–water partition coefficient (Wildman–Crippen LogP) is 0.217. The molecular weight excluding hydrogens is 210 g/mol. The minimum absolute atomic E-state index is 0.254. The number of carbonyl (C=O) groups excluding carboxylic acids is 1. The van der Waals surface area contributed by atoms with E-state index in [9.17, 15) is 4.79 Å². The number of rotatable bonds is 4. The molecule has 1 heterocycles. The number of carbonyl (C=O) groups is 1. The molecule has 1 rings (SSSR count). The van der Waals surface area contributed by atoms with Crippen LogP contribution in [0.3, 0.4) is 0 Å². The molecule has 0 aromatic heterocycles. The van der Waals surface area contributed by atoms with Gasteiger partial charge in [0.1, 0.15) is 0 Å². The van der Waals surface area contributed by atoms with Crippen LogP contribution in [-0.2, 0) is 4.79 Å². The van der Waals surface area contributed by atoms with Crippen LogP contribution >= 0.6 is 12.2 Å². The summed E-state index contributed by atoms with van der Waals surface area (Å²) >= 11 is 4.83. The van der Waals surface area contributed by atoms with Crippen LogP contribution in [0.25, 0.3) is 0 Å². The van der Waals surface area contributed by atoms with E-state index in [-0.39, 0.29) is 5.91 Å². The molecule has 0 atom stereocenters. The third-order valence-electron chi connectivity index (χ3n) is 2.70. The lowest BCUT2D eigenvalue weighted by Gasteiger charge is -2.34. The standard InChI is InChI=1S/C10H19N3OS/c1-2-10(14)13-7-5-12(6-8-13)4-3-9(11)15/h2-8H2,1H3,(H2,11,15). The molecule has 4 nitrogen and oxygen atoms in total. The number of nitrogens with zero attached hydrogens (tertiary/aromatic N) is 2. The normalized spacial score (nSPS) is 17.8. The minimum Gasteiger partial charge on any atom is -0.393 e. The highest BCUT2D eigenvalue weighted by Gasteiger charge is 2.19. The van der Waals surface area contributed by atoms with Crippen molar-refractivity contribution in [1.29, 1.82) is 0 Å². The Morgan fingerprint density at radius 3 is 2.40 bits per heavy atom. The molecule has 1 aliphatic rings. The summed E-state index contributed by atoms with van der Waals surface area (Å²) in [5.41, 5.74) is 5.45. The van der Waals surface area contributed by atoms with Crippen molar-refractivity contribution in [3.8, 4) is 0 Å². The van der Waals surface area contributed by atoms with Crippen molar-refractivity contribution in [3.63, 3.8) is 0 Å². The summed E-state index contributed by atoms with van der Waals surface area (Å²) in [5.74, 6) is 0.254. The molecule has 0 aromatic rings. The Balaban J connectivity index is 2.23. The van der Waals surface area contributed by atoms with Gasteiger partial charge in [0, 0.05) is 45.6 Å². The van der Waals surface area contributed by atoms with E-state index in [1.165, 1.54) is 0 Å². The maximum Gasteiger partial charge on any atom is 0.222 e. The summed E-state index contributed by atoms with van der Waals surface area (Å²) in [6.07, 6.45) is 1.38. The Morgan fingerprint density at radius 1 is 1.33 bits per heavy atom. The van der Waals surface area contributed by atoms with Crippen molar-refractivity contribution in [3.05, 3.63) is 0 Å². The zero-order valence-corrected chi connectivity index (χ0v) is 10.1. The molecule has 15 heavy (non-hydrogen) atoms. The van der Waals surface area contributed by atoms with E-state index < -0.39 is 0 Å². The lowest BCUT2D eigenvalue weighted by molar-refractivity contribution is -0.132. The number of thiocarbonyl (C=S) groups is 1. The maximum atomic E-state index is 11.4. The van der Waals surface area contributed by atoms with Gasteiger partial charge < -0.3 is 10.6 Å². The van der Waals surface area contributed by atoms with Crippen LogP contribution in [0.15, 0.2) is 0 Å². The molecule has 1 fully saturated rings. The van der Waals surface area contributed by atoms with Gasteiger partial charge in [0.05, 0.1) is 4.99 Å². The first-order valence-corrected chi connectivity index (χ1v) is 5.82. The fourth-order valence-corrected chi connectivity index (χ4v) is 1.80. The van der Waals surface area contributed by atoms with E-state index >= 15 is 0 Å². The second-order valence-corrected chi connectivity index (χ2v) is 4.32. The predicted molar refractivity (Wildman–Crippen MR) is 64.7 cm³/mol. The quantitative estimate of drug-likeness (QED) is 0.701. The van der Waals surface area contributed by atoms with E-state index in [1.807, 2.05) is 11.8 Å². The molecule has 0 aromatic carbocycles. The molecule has 0 spiro atoms. The Morgan fingerprint density at radius 2 is 1.93 bits per heavy atom. The molecule has 5 heteroatoms. The average Bonchev–Trinajstić information content (AvgIpc) is 2.26. The molecule has 0 unspecified atom stereocenters. The highest BCUT2D eigenvalue weighted by molar-refractivity contribution is 7.80. The first kappa shape index (κ1) is 12.4. The van der Waals surface area contributed by atoms with E-state index in [0.717, 1.165) is 39.1 Å². The molecule has 1 saturated heterocycles. The van der Waals surface area contributed by atoms with Gasteiger partial charge in [-0.2, -0.15) is 0 Å². The van der Waals surface area contributed by atoms with Crippen LogP contribution in [0.4, 0.5) is 0 Å². The van der Waals surface area contributed by atoms with Crippen LogP contribution in [0.1, 0.15) is 19.8 Å². The van der Waals surface area contributed by atoms with Gasteiger partial charge in [-0.05, 0) is 0 Å². The van der Waals surface area contributed by atoms with Gasteiger partial charge in [-0.25, -0.2) is 0 Å². The van der Waals surface area contributed by atoms with Crippen molar-refractivity contribution < 1.29 is 4.79 Å². The molecule has 1 amide bonds. The molecule has 0 radical (unpaired) electrons. The van der Waals surface area contributed by atoms with Gasteiger partial charge >= 0.3 is 0 Å². The van der Waals surface area contributed by atoms with Crippen LogP contribution in [0.5, 0.6) is 0 Å². The smallest absolute Gasteiger partial charge is 0.222 e. The van der Waals surface area contributed by atoms with Crippen molar-refractivity contribution in [2.45, 2.75) is 19.8 Å². The molecule has 2 N–H and O–H groups in total. The van der Waals surface area contributed by atoms with Gasteiger partial charge in [0.15, 0.2) is 0 Å². The first-order valence-electron chi connectivity index (χ1n) is 5.42. The summed E-state index contributed by atoms with van der Waals surface area (Å²) in [6.45, 7) is 6.38. The minimum atomic E-state index is 0.254. The molecular formula is C10H19N3OS. The van der Waals surface area contributed by atoms with Gasteiger partial charge in [-0.15, -0.1) is 0 Å². The molecule has 0 saturated carbocycles. The molecule has 0 aliphatic carbocycles. The zero-order chi connectivity index (χ0) is 11.3. The van der Waals surface area contributed by atoms with E-state index in [2.05, 4.69) is 4.90 Å². The fraction of sp³-hybridized carbons (Fsp3) is 0.800. The molecule has 86 valence electrons. The van der Waals surface area contributed by atoms with E-state index in [1.54, 1.807) is 0 Å². The van der Waals surface area contributed by atoms with Crippen LogP contribution in [-0.4, -0.2) is 53.4 Å². The summed E-state index contributed by atoms with van der Waals surface area (Å²) < 4.78 is 0. The second-order valence-electron chi connectivity index (χ2n) is 3.79. The van der Waals surface area contributed by atoms with Gasteiger partial charge in [-0.1, -0.05) is 19.1 Å². The first-order chi connectivity index (χ1) is 7.13. The van der Waals surface area contributed by atoms with Gasteiger partial charge in [0.25, 0.3) is 0 Å². The third-order valence-corrected chi connectivity index (χ3v) is 2.91. The number of piperazine rings is 1. The fourth-order valence-electron chi connectivity index (χ4n) is 1.71. The van der Waals surface area contributed by atoms with Crippen molar-refractivity contribution in [2.24, 2.45) is 5.73 Å². The number of hydrogen-bond donors (Lipinski definition) is 1. The van der Waals surface area contributed by atoms with E-state index in [4.69, 9.17) is 18.0 Å². The summed E-state index contributed by atoms with van der Waals surface area (Å²) in [4.78, 5) is 16.2. The molecule has 0 bridgehead atoms. The Hall–Kier alpha value is -0.680. The van der Waals surface area contributed by atoms with Crippen LogP contribution in [0, 0.1) is 0 Å². The average molecular weight is 229 g/mol.